The number of aryl methyl sites for hydroxylation is 1. The molecule has 1 aromatic rings. The van der Waals surface area contributed by atoms with Gasteiger partial charge in [-0.2, -0.15) is 0 Å². The summed E-state index contributed by atoms with van der Waals surface area (Å²) in [6.45, 7) is 8.27. The van der Waals surface area contributed by atoms with Crippen molar-refractivity contribution in [1.29, 1.82) is 0 Å². The molecule has 0 bridgehead atoms. The van der Waals surface area contributed by atoms with E-state index in [4.69, 9.17) is 4.98 Å². The van der Waals surface area contributed by atoms with Crippen LogP contribution in [-0.2, 0) is 12.8 Å². The van der Waals surface area contributed by atoms with E-state index >= 15 is 0 Å². The Morgan fingerprint density at radius 2 is 1.95 bits per heavy atom. The van der Waals surface area contributed by atoms with Gasteiger partial charge in [0.15, 0.2) is 0 Å². The maximum atomic E-state index is 4.90. The van der Waals surface area contributed by atoms with Gasteiger partial charge in [0.25, 0.3) is 0 Å². The van der Waals surface area contributed by atoms with Crippen molar-refractivity contribution in [2.24, 2.45) is 0 Å². The summed E-state index contributed by atoms with van der Waals surface area (Å²) in [6, 6.07) is 0. The van der Waals surface area contributed by atoms with Crippen LogP contribution in [0.2, 0.25) is 0 Å². The van der Waals surface area contributed by atoms with Crippen molar-refractivity contribution in [2.75, 3.05) is 32.7 Å². The van der Waals surface area contributed by atoms with Crippen molar-refractivity contribution in [3.05, 3.63) is 17.2 Å². The molecule has 2 saturated heterocycles. The number of hydrogen-bond acceptors (Lipinski definition) is 3. The van der Waals surface area contributed by atoms with Crippen LogP contribution in [0.3, 0.4) is 0 Å². The number of piperidine rings is 1. The fourth-order valence-corrected chi connectivity index (χ4v) is 3.53. The van der Waals surface area contributed by atoms with Gasteiger partial charge in [0, 0.05) is 24.6 Å². The topological polar surface area (TPSA) is 44.0 Å². The molecule has 0 amide bonds. The molecule has 2 aliphatic heterocycles. The second-order valence-electron chi connectivity index (χ2n) is 6.22. The summed E-state index contributed by atoms with van der Waals surface area (Å²) in [5, 5.41) is 3.43. The first-order chi connectivity index (χ1) is 9.86. The van der Waals surface area contributed by atoms with Crippen molar-refractivity contribution < 1.29 is 0 Å². The molecule has 0 atom stereocenters. The van der Waals surface area contributed by atoms with Gasteiger partial charge in [0.05, 0.1) is 5.69 Å². The minimum atomic E-state index is 0.641. The molecule has 3 rings (SSSR count). The third-order valence-corrected chi connectivity index (χ3v) is 4.82. The Bertz CT molecular complexity index is 414. The zero-order chi connectivity index (χ0) is 13.8. The predicted octanol–water partition coefficient (Wildman–Crippen LogP) is 2.08. The second kappa shape index (κ2) is 6.72. The largest absolute Gasteiger partial charge is 0.345 e. The van der Waals surface area contributed by atoms with E-state index in [1.165, 1.54) is 62.5 Å². The van der Waals surface area contributed by atoms with Crippen LogP contribution in [0.15, 0.2) is 0 Å². The molecule has 20 heavy (non-hydrogen) atoms. The molecule has 2 fully saturated rings. The normalized spacial score (nSPS) is 21.6. The zero-order valence-corrected chi connectivity index (χ0v) is 12.7. The summed E-state index contributed by atoms with van der Waals surface area (Å²) in [6.07, 6.45) is 7.40. The summed E-state index contributed by atoms with van der Waals surface area (Å²) >= 11 is 0. The van der Waals surface area contributed by atoms with Crippen LogP contribution in [0.25, 0.3) is 0 Å². The smallest absolute Gasteiger partial charge is 0.109 e. The average molecular weight is 276 g/mol. The van der Waals surface area contributed by atoms with Crippen LogP contribution >= 0.6 is 0 Å². The molecule has 2 N–H and O–H groups in total. The lowest BCUT2D eigenvalue weighted by molar-refractivity contribution is 0.342. The predicted molar refractivity (Wildman–Crippen MR) is 82.2 cm³/mol. The van der Waals surface area contributed by atoms with E-state index in [0.29, 0.717) is 5.92 Å². The van der Waals surface area contributed by atoms with E-state index < -0.39 is 0 Å². The Labute approximate surface area is 122 Å². The lowest BCUT2D eigenvalue weighted by Gasteiger charge is -2.20. The molecule has 112 valence electrons. The van der Waals surface area contributed by atoms with Gasteiger partial charge < -0.3 is 15.2 Å². The van der Waals surface area contributed by atoms with Crippen molar-refractivity contribution in [1.82, 2.24) is 20.2 Å². The van der Waals surface area contributed by atoms with E-state index in [-0.39, 0.29) is 0 Å². The highest BCUT2D eigenvalue weighted by atomic mass is 15.1. The number of H-pyrrole nitrogens is 1. The molecule has 0 saturated carbocycles. The molecule has 0 radical (unpaired) electrons. The van der Waals surface area contributed by atoms with Gasteiger partial charge in [-0.25, -0.2) is 4.98 Å². The van der Waals surface area contributed by atoms with Crippen molar-refractivity contribution in [3.8, 4) is 0 Å². The summed E-state index contributed by atoms with van der Waals surface area (Å²) in [5.41, 5.74) is 2.70. The number of nitrogens with zero attached hydrogens (tertiary/aromatic N) is 2. The van der Waals surface area contributed by atoms with E-state index in [1.54, 1.807) is 0 Å². The first kappa shape index (κ1) is 14.1. The number of likely N-dealkylation sites (tertiary alicyclic amines) is 1. The Morgan fingerprint density at radius 1 is 1.20 bits per heavy atom. The third-order valence-electron chi connectivity index (χ3n) is 4.82. The van der Waals surface area contributed by atoms with Gasteiger partial charge in [-0.15, -0.1) is 0 Å². The monoisotopic (exact) mass is 276 g/mol. The highest BCUT2D eigenvalue weighted by molar-refractivity contribution is 5.18. The number of rotatable bonds is 5. The number of aromatic amines is 1. The lowest BCUT2D eigenvalue weighted by Crippen LogP contribution is -2.27. The van der Waals surface area contributed by atoms with Crippen LogP contribution in [-0.4, -0.2) is 47.6 Å². The molecular weight excluding hydrogens is 248 g/mol. The second-order valence-corrected chi connectivity index (χ2v) is 6.22. The third kappa shape index (κ3) is 3.23. The number of imidazole rings is 1. The number of hydrogen-bond donors (Lipinski definition) is 2. The summed E-state index contributed by atoms with van der Waals surface area (Å²) in [4.78, 5) is 11.1. The molecule has 1 aromatic heterocycles. The number of nitrogens with one attached hydrogen (secondary N) is 2. The average Bonchev–Trinajstić information content (AvgIpc) is 3.15. The standard InChI is InChI=1S/C16H28N4/c1-2-14-15(7-12-20-10-3-4-11-20)19-16(18-14)13-5-8-17-9-6-13/h13,17H,2-12H2,1H3,(H,18,19). The molecular formula is C16H28N4. The zero-order valence-electron chi connectivity index (χ0n) is 12.7. The fraction of sp³-hybridized carbons (Fsp3) is 0.812. The van der Waals surface area contributed by atoms with E-state index in [1.807, 2.05) is 0 Å². The van der Waals surface area contributed by atoms with Crippen LogP contribution in [0, 0.1) is 0 Å². The van der Waals surface area contributed by atoms with Gasteiger partial charge in [-0.3, -0.25) is 0 Å². The van der Waals surface area contributed by atoms with E-state index in [0.717, 1.165) is 25.9 Å². The molecule has 4 nitrogen and oxygen atoms in total. The van der Waals surface area contributed by atoms with Crippen LogP contribution < -0.4 is 5.32 Å². The Balaban J connectivity index is 1.64. The molecule has 0 aromatic carbocycles. The van der Waals surface area contributed by atoms with Gasteiger partial charge in [0.1, 0.15) is 5.82 Å². The maximum Gasteiger partial charge on any atom is 0.109 e. The summed E-state index contributed by atoms with van der Waals surface area (Å²) in [5.74, 6) is 1.89. The van der Waals surface area contributed by atoms with Gasteiger partial charge in [-0.05, 0) is 58.3 Å². The molecule has 0 spiro atoms. The minimum absolute atomic E-state index is 0.641. The fourth-order valence-electron chi connectivity index (χ4n) is 3.53. The molecule has 4 heteroatoms. The maximum absolute atomic E-state index is 4.90. The molecule has 3 heterocycles. The van der Waals surface area contributed by atoms with Gasteiger partial charge >= 0.3 is 0 Å². The number of aromatic nitrogens is 2. The highest BCUT2D eigenvalue weighted by Crippen LogP contribution is 2.24. The Morgan fingerprint density at radius 3 is 2.65 bits per heavy atom. The van der Waals surface area contributed by atoms with Gasteiger partial charge in [0.2, 0.25) is 0 Å². The summed E-state index contributed by atoms with van der Waals surface area (Å²) in [7, 11) is 0. The summed E-state index contributed by atoms with van der Waals surface area (Å²) < 4.78 is 0. The van der Waals surface area contributed by atoms with E-state index in [2.05, 4.69) is 22.1 Å². The Hall–Kier alpha value is -0.870. The van der Waals surface area contributed by atoms with Crippen LogP contribution in [0.1, 0.15) is 55.7 Å². The van der Waals surface area contributed by atoms with Crippen molar-refractivity contribution in [3.63, 3.8) is 0 Å². The van der Waals surface area contributed by atoms with E-state index in [9.17, 15) is 0 Å². The van der Waals surface area contributed by atoms with Gasteiger partial charge in [-0.1, -0.05) is 6.92 Å². The SMILES string of the molecule is CCc1nc(C2CCNCC2)[nH]c1CCN1CCCC1. The quantitative estimate of drug-likeness (QED) is 0.865. The first-order valence-electron chi connectivity index (χ1n) is 8.37. The van der Waals surface area contributed by atoms with Crippen LogP contribution in [0.5, 0.6) is 0 Å². The molecule has 0 unspecified atom stereocenters. The molecule has 2 aliphatic rings. The first-order valence-corrected chi connectivity index (χ1v) is 8.37. The molecule has 0 aliphatic carbocycles. The Kier molecular flexibility index (Phi) is 4.73. The van der Waals surface area contributed by atoms with Crippen LogP contribution in [0.4, 0.5) is 0 Å². The highest BCUT2D eigenvalue weighted by Gasteiger charge is 2.20. The van der Waals surface area contributed by atoms with Crippen molar-refractivity contribution >= 4 is 0 Å². The lowest BCUT2D eigenvalue weighted by atomic mass is 9.98. The minimum Gasteiger partial charge on any atom is -0.345 e. The van der Waals surface area contributed by atoms with Crippen molar-refractivity contribution in [2.45, 2.75) is 51.4 Å².